The molecule has 0 saturated heterocycles. The van der Waals surface area contributed by atoms with Crippen LogP contribution in [0.15, 0.2) is 0 Å². The van der Waals surface area contributed by atoms with Gasteiger partial charge in [-0.3, -0.25) is 0 Å². The number of rotatable bonds is 5. The largest absolute Gasteiger partial charge is 0.312 e. The van der Waals surface area contributed by atoms with Gasteiger partial charge in [0.2, 0.25) is 0 Å². The van der Waals surface area contributed by atoms with E-state index in [1.54, 1.807) is 0 Å². The van der Waals surface area contributed by atoms with Gasteiger partial charge in [0.05, 0.1) is 12.0 Å². The summed E-state index contributed by atoms with van der Waals surface area (Å²) in [6, 6.07) is 2.91. The van der Waals surface area contributed by atoms with E-state index in [0.717, 1.165) is 18.9 Å². The Kier molecular flexibility index (Phi) is 5.98. The van der Waals surface area contributed by atoms with Gasteiger partial charge in [0, 0.05) is 6.04 Å². The standard InChI is InChI=1S/C15H28N2/c1-11(2)14(12(3)4)10-17-15-8-6-5-7-13(15)9-16/h11-15,17H,5-8,10H2,1-4H3. The van der Waals surface area contributed by atoms with Gasteiger partial charge in [0.1, 0.15) is 0 Å². The van der Waals surface area contributed by atoms with Gasteiger partial charge in [0.25, 0.3) is 0 Å². The number of hydrogen-bond donors (Lipinski definition) is 1. The molecule has 0 heterocycles. The third-order valence-corrected chi connectivity index (χ3v) is 4.26. The Balaban J connectivity index is 2.45. The highest BCUT2D eigenvalue weighted by atomic mass is 14.9. The summed E-state index contributed by atoms with van der Waals surface area (Å²) in [4.78, 5) is 0. The molecule has 2 unspecified atom stereocenters. The molecular weight excluding hydrogens is 208 g/mol. The van der Waals surface area contributed by atoms with E-state index in [1.807, 2.05) is 0 Å². The Morgan fingerprint density at radius 1 is 1.12 bits per heavy atom. The van der Waals surface area contributed by atoms with Crippen molar-refractivity contribution >= 4 is 0 Å². The highest BCUT2D eigenvalue weighted by Gasteiger charge is 2.26. The molecule has 1 rings (SSSR count). The molecule has 2 nitrogen and oxygen atoms in total. The van der Waals surface area contributed by atoms with Crippen LogP contribution in [0, 0.1) is 35.0 Å². The molecule has 2 heteroatoms. The molecule has 2 atom stereocenters. The minimum absolute atomic E-state index is 0.240. The predicted octanol–water partition coefficient (Wildman–Crippen LogP) is 3.59. The average molecular weight is 236 g/mol. The molecular formula is C15H28N2. The van der Waals surface area contributed by atoms with Gasteiger partial charge in [0.15, 0.2) is 0 Å². The topological polar surface area (TPSA) is 35.8 Å². The van der Waals surface area contributed by atoms with Crippen LogP contribution >= 0.6 is 0 Å². The van der Waals surface area contributed by atoms with Crippen molar-refractivity contribution in [2.45, 2.75) is 59.4 Å². The van der Waals surface area contributed by atoms with E-state index >= 15 is 0 Å². The van der Waals surface area contributed by atoms with Crippen molar-refractivity contribution in [2.75, 3.05) is 6.54 Å². The van der Waals surface area contributed by atoms with Crippen LogP contribution in [0.5, 0.6) is 0 Å². The lowest BCUT2D eigenvalue weighted by Crippen LogP contribution is -2.42. The molecule has 1 fully saturated rings. The van der Waals surface area contributed by atoms with E-state index < -0.39 is 0 Å². The van der Waals surface area contributed by atoms with Gasteiger partial charge in [-0.05, 0) is 37.1 Å². The van der Waals surface area contributed by atoms with Crippen LogP contribution in [-0.2, 0) is 0 Å². The second-order valence-electron chi connectivity index (χ2n) is 6.19. The summed E-state index contributed by atoms with van der Waals surface area (Å²) in [7, 11) is 0. The lowest BCUT2D eigenvalue weighted by atomic mass is 9.82. The first-order valence-corrected chi connectivity index (χ1v) is 7.19. The molecule has 1 aliphatic carbocycles. The van der Waals surface area contributed by atoms with E-state index in [0.29, 0.717) is 17.9 Å². The highest BCUT2D eigenvalue weighted by molar-refractivity contribution is 4.94. The fraction of sp³-hybridized carbons (Fsp3) is 0.933. The molecule has 0 aromatic carbocycles. The molecule has 1 saturated carbocycles. The van der Waals surface area contributed by atoms with Crippen molar-refractivity contribution in [3.63, 3.8) is 0 Å². The van der Waals surface area contributed by atoms with Crippen LogP contribution in [0.25, 0.3) is 0 Å². The summed E-state index contributed by atoms with van der Waals surface area (Å²) < 4.78 is 0. The van der Waals surface area contributed by atoms with Crippen LogP contribution in [0.2, 0.25) is 0 Å². The predicted molar refractivity (Wildman–Crippen MR) is 72.5 cm³/mol. The molecule has 17 heavy (non-hydrogen) atoms. The van der Waals surface area contributed by atoms with Crippen molar-refractivity contribution in [3.8, 4) is 6.07 Å². The summed E-state index contributed by atoms with van der Waals surface area (Å²) in [6.45, 7) is 10.3. The molecule has 0 spiro atoms. The van der Waals surface area contributed by atoms with Crippen molar-refractivity contribution < 1.29 is 0 Å². The maximum Gasteiger partial charge on any atom is 0.0672 e. The third kappa shape index (κ3) is 4.32. The SMILES string of the molecule is CC(C)C(CNC1CCCCC1C#N)C(C)C. The summed E-state index contributed by atoms with van der Waals surface area (Å²) >= 11 is 0. The first-order valence-electron chi connectivity index (χ1n) is 7.19. The summed E-state index contributed by atoms with van der Waals surface area (Å²) in [5.74, 6) is 2.39. The second-order valence-corrected chi connectivity index (χ2v) is 6.19. The Hall–Kier alpha value is -0.550. The van der Waals surface area contributed by atoms with Gasteiger partial charge in [-0.25, -0.2) is 0 Å². The number of nitrogens with zero attached hydrogens (tertiary/aromatic N) is 1. The lowest BCUT2D eigenvalue weighted by molar-refractivity contribution is 0.235. The van der Waals surface area contributed by atoms with E-state index in [-0.39, 0.29) is 5.92 Å². The second kappa shape index (κ2) is 7.01. The Morgan fingerprint density at radius 2 is 1.71 bits per heavy atom. The minimum atomic E-state index is 0.240. The fourth-order valence-electron chi connectivity index (χ4n) is 3.06. The van der Waals surface area contributed by atoms with Crippen LogP contribution < -0.4 is 5.32 Å². The summed E-state index contributed by atoms with van der Waals surface area (Å²) in [6.07, 6.45) is 4.78. The zero-order valence-corrected chi connectivity index (χ0v) is 11.9. The first kappa shape index (κ1) is 14.5. The minimum Gasteiger partial charge on any atom is -0.312 e. The molecule has 0 radical (unpaired) electrons. The van der Waals surface area contributed by atoms with Gasteiger partial charge < -0.3 is 5.32 Å². The average Bonchev–Trinajstić information content (AvgIpc) is 2.29. The molecule has 0 aromatic heterocycles. The Morgan fingerprint density at radius 3 is 2.24 bits per heavy atom. The smallest absolute Gasteiger partial charge is 0.0672 e. The van der Waals surface area contributed by atoms with Crippen LogP contribution in [0.4, 0.5) is 0 Å². The van der Waals surface area contributed by atoms with Crippen molar-refractivity contribution in [1.82, 2.24) is 5.32 Å². The highest BCUT2D eigenvalue weighted by Crippen LogP contribution is 2.25. The molecule has 0 amide bonds. The number of nitriles is 1. The first-order chi connectivity index (χ1) is 8.06. The van der Waals surface area contributed by atoms with Crippen molar-refractivity contribution in [1.29, 1.82) is 5.26 Å². The van der Waals surface area contributed by atoms with E-state index in [2.05, 4.69) is 39.1 Å². The summed E-state index contributed by atoms with van der Waals surface area (Å²) in [5, 5.41) is 12.8. The quantitative estimate of drug-likeness (QED) is 0.792. The number of nitrogens with one attached hydrogen (secondary N) is 1. The lowest BCUT2D eigenvalue weighted by Gasteiger charge is -2.32. The van der Waals surface area contributed by atoms with E-state index in [1.165, 1.54) is 19.3 Å². The molecule has 1 N–H and O–H groups in total. The van der Waals surface area contributed by atoms with Crippen LogP contribution in [-0.4, -0.2) is 12.6 Å². The monoisotopic (exact) mass is 236 g/mol. The van der Waals surface area contributed by atoms with Crippen molar-refractivity contribution in [2.24, 2.45) is 23.7 Å². The van der Waals surface area contributed by atoms with E-state index in [9.17, 15) is 0 Å². The normalized spacial score (nSPS) is 25.5. The summed E-state index contributed by atoms with van der Waals surface area (Å²) in [5.41, 5.74) is 0. The third-order valence-electron chi connectivity index (χ3n) is 4.26. The zero-order valence-electron chi connectivity index (χ0n) is 11.9. The van der Waals surface area contributed by atoms with Gasteiger partial charge in [-0.1, -0.05) is 40.5 Å². The van der Waals surface area contributed by atoms with Gasteiger partial charge >= 0.3 is 0 Å². The molecule has 1 aliphatic rings. The van der Waals surface area contributed by atoms with E-state index in [4.69, 9.17) is 5.26 Å². The maximum absolute atomic E-state index is 9.16. The Bertz CT molecular complexity index is 244. The Labute approximate surface area is 107 Å². The van der Waals surface area contributed by atoms with Gasteiger partial charge in [-0.2, -0.15) is 5.26 Å². The zero-order chi connectivity index (χ0) is 12.8. The maximum atomic E-state index is 9.16. The van der Waals surface area contributed by atoms with Crippen molar-refractivity contribution in [3.05, 3.63) is 0 Å². The van der Waals surface area contributed by atoms with Crippen LogP contribution in [0.1, 0.15) is 53.4 Å². The fourth-order valence-corrected chi connectivity index (χ4v) is 3.06. The molecule has 0 bridgehead atoms. The van der Waals surface area contributed by atoms with Gasteiger partial charge in [-0.15, -0.1) is 0 Å². The number of hydrogen-bond acceptors (Lipinski definition) is 2. The molecule has 98 valence electrons. The van der Waals surface area contributed by atoms with Crippen LogP contribution in [0.3, 0.4) is 0 Å². The molecule has 0 aromatic rings. The molecule has 0 aliphatic heterocycles.